The average molecular weight is 268 g/mol. The van der Waals surface area contributed by atoms with Gasteiger partial charge in [0.25, 0.3) is 0 Å². The Hall–Kier alpha value is -1.32. The van der Waals surface area contributed by atoms with Crippen LogP contribution in [0, 0.1) is 5.82 Å². The van der Waals surface area contributed by atoms with E-state index in [0.29, 0.717) is 0 Å². The molecule has 0 aromatic heterocycles. The lowest BCUT2D eigenvalue weighted by Gasteiger charge is -2.12. The zero-order valence-electron chi connectivity index (χ0n) is 8.95. The van der Waals surface area contributed by atoms with E-state index in [1.165, 1.54) is 0 Å². The Balaban J connectivity index is 2.58. The molecule has 9 heteroatoms. The van der Waals surface area contributed by atoms with Gasteiger partial charge >= 0.3 is 13.3 Å². The van der Waals surface area contributed by atoms with Crippen molar-refractivity contribution in [2.45, 2.75) is 6.18 Å². The van der Waals surface area contributed by atoms with Crippen molar-refractivity contribution in [2.24, 2.45) is 0 Å². The standard InChI is InChI=1S/C9H9BF4O4/c11-6-1-2-7(10(15)16)8(3-6)18-5-17-4-9(12,13)14/h1-3,15-16H,4-5H2. The number of hydrogen-bond acceptors (Lipinski definition) is 4. The van der Waals surface area contributed by atoms with Gasteiger partial charge in [-0.3, -0.25) is 0 Å². The van der Waals surface area contributed by atoms with Gasteiger partial charge in [-0.15, -0.1) is 0 Å². The first-order valence-electron chi connectivity index (χ1n) is 4.72. The normalized spacial score (nSPS) is 11.4. The summed E-state index contributed by atoms with van der Waals surface area (Å²) in [6.45, 7) is -2.30. The van der Waals surface area contributed by atoms with Crippen LogP contribution in [0.4, 0.5) is 17.6 Å². The van der Waals surface area contributed by atoms with Crippen molar-refractivity contribution in [1.82, 2.24) is 0 Å². The fourth-order valence-corrected chi connectivity index (χ4v) is 1.11. The zero-order chi connectivity index (χ0) is 13.8. The number of alkyl halides is 3. The second-order valence-corrected chi connectivity index (χ2v) is 3.28. The summed E-state index contributed by atoms with van der Waals surface area (Å²) in [6, 6.07) is 2.81. The third-order valence-corrected chi connectivity index (χ3v) is 1.82. The third kappa shape index (κ3) is 4.90. The van der Waals surface area contributed by atoms with Crippen LogP contribution in [0.2, 0.25) is 0 Å². The van der Waals surface area contributed by atoms with Crippen LogP contribution in [0.1, 0.15) is 0 Å². The van der Waals surface area contributed by atoms with Crippen LogP contribution in [-0.4, -0.2) is 36.7 Å². The monoisotopic (exact) mass is 268 g/mol. The predicted molar refractivity (Wildman–Crippen MR) is 53.7 cm³/mol. The van der Waals surface area contributed by atoms with Gasteiger partial charge < -0.3 is 19.5 Å². The van der Waals surface area contributed by atoms with E-state index in [1.807, 2.05) is 0 Å². The molecule has 0 spiro atoms. The first-order chi connectivity index (χ1) is 8.29. The quantitative estimate of drug-likeness (QED) is 0.351. The molecule has 0 bridgehead atoms. The molecule has 18 heavy (non-hydrogen) atoms. The van der Waals surface area contributed by atoms with Gasteiger partial charge in [0, 0.05) is 11.5 Å². The van der Waals surface area contributed by atoms with Gasteiger partial charge in [0.1, 0.15) is 18.2 Å². The zero-order valence-corrected chi connectivity index (χ0v) is 8.95. The molecule has 0 unspecified atom stereocenters. The number of halogens is 4. The maximum Gasteiger partial charge on any atom is 0.492 e. The Kier molecular flexibility index (Phi) is 4.94. The summed E-state index contributed by atoms with van der Waals surface area (Å²) < 4.78 is 56.9. The van der Waals surface area contributed by atoms with Gasteiger partial charge in [-0.2, -0.15) is 13.2 Å². The van der Waals surface area contributed by atoms with Gasteiger partial charge in [-0.05, 0) is 6.07 Å². The minimum atomic E-state index is -4.50. The molecule has 0 heterocycles. The molecule has 2 N–H and O–H groups in total. The second-order valence-electron chi connectivity index (χ2n) is 3.28. The molecule has 0 aliphatic carbocycles. The topological polar surface area (TPSA) is 58.9 Å². The van der Waals surface area contributed by atoms with Crippen LogP contribution in [0.25, 0.3) is 0 Å². The van der Waals surface area contributed by atoms with E-state index in [0.717, 1.165) is 18.2 Å². The highest BCUT2D eigenvalue weighted by molar-refractivity contribution is 6.59. The van der Waals surface area contributed by atoms with E-state index < -0.39 is 32.5 Å². The number of hydrogen-bond donors (Lipinski definition) is 2. The summed E-state index contributed by atoms with van der Waals surface area (Å²) in [5.74, 6) is -1.03. The van der Waals surface area contributed by atoms with E-state index in [2.05, 4.69) is 4.74 Å². The van der Waals surface area contributed by atoms with Gasteiger partial charge in [0.2, 0.25) is 0 Å². The summed E-state index contributed by atoms with van der Waals surface area (Å²) in [4.78, 5) is 0. The van der Waals surface area contributed by atoms with Gasteiger partial charge in [-0.1, -0.05) is 6.07 Å². The molecule has 0 radical (unpaired) electrons. The van der Waals surface area contributed by atoms with Crippen molar-refractivity contribution in [3.63, 3.8) is 0 Å². The van der Waals surface area contributed by atoms with E-state index in [-0.39, 0.29) is 11.2 Å². The highest BCUT2D eigenvalue weighted by atomic mass is 19.4. The highest BCUT2D eigenvalue weighted by Gasteiger charge is 2.27. The molecule has 100 valence electrons. The summed E-state index contributed by atoms with van der Waals surface area (Å²) in [5.41, 5.74) is -0.174. The summed E-state index contributed by atoms with van der Waals surface area (Å²) in [6.07, 6.45) is -4.50. The van der Waals surface area contributed by atoms with Gasteiger partial charge in [-0.25, -0.2) is 4.39 Å². The average Bonchev–Trinajstić information content (AvgIpc) is 2.22. The largest absolute Gasteiger partial charge is 0.492 e. The lowest BCUT2D eigenvalue weighted by Crippen LogP contribution is -2.32. The maximum atomic E-state index is 12.8. The van der Waals surface area contributed by atoms with Crippen LogP contribution in [-0.2, 0) is 4.74 Å². The van der Waals surface area contributed by atoms with E-state index in [9.17, 15) is 17.6 Å². The van der Waals surface area contributed by atoms with Gasteiger partial charge in [0.15, 0.2) is 6.79 Å². The summed E-state index contributed by atoms with van der Waals surface area (Å²) >= 11 is 0. The molecule has 0 saturated heterocycles. The van der Waals surface area contributed by atoms with Crippen LogP contribution in [0.15, 0.2) is 18.2 Å². The molecule has 4 nitrogen and oxygen atoms in total. The third-order valence-electron chi connectivity index (χ3n) is 1.82. The second kappa shape index (κ2) is 6.03. The molecule has 0 atom stereocenters. The SMILES string of the molecule is OB(O)c1ccc(F)cc1OCOCC(F)(F)F. The smallest absolute Gasteiger partial charge is 0.468 e. The fraction of sp³-hybridized carbons (Fsp3) is 0.333. The molecular weight excluding hydrogens is 259 g/mol. The molecule has 1 rings (SSSR count). The van der Waals surface area contributed by atoms with Crippen LogP contribution >= 0.6 is 0 Å². The van der Waals surface area contributed by atoms with Crippen LogP contribution in [0.5, 0.6) is 5.75 Å². The van der Waals surface area contributed by atoms with Crippen LogP contribution < -0.4 is 10.2 Å². The first kappa shape index (κ1) is 14.7. The van der Waals surface area contributed by atoms with E-state index in [1.54, 1.807) is 0 Å². The van der Waals surface area contributed by atoms with Crippen molar-refractivity contribution < 1.29 is 37.1 Å². The molecule has 1 aromatic carbocycles. The molecule has 0 fully saturated rings. The molecule has 0 saturated carbocycles. The van der Waals surface area contributed by atoms with Crippen molar-refractivity contribution >= 4 is 12.6 Å². The lowest BCUT2D eigenvalue weighted by molar-refractivity contribution is -0.186. The Morgan fingerprint density at radius 2 is 1.89 bits per heavy atom. The Labute approximate surface area is 99.9 Å². The highest BCUT2D eigenvalue weighted by Crippen LogP contribution is 2.15. The Bertz CT molecular complexity index is 397. The lowest BCUT2D eigenvalue weighted by atomic mass is 9.79. The number of ether oxygens (including phenoxy) is 2. The summed E-state index contributed by atoms with van der Waals surface area (Å²) in [5, 5.41) is 17.8. The Morgan fingerprint density at radius 1 is 1.22 bits per heavy atom. The predicted octanol–water partition coefficient (Wildman–Crippen LogP) is 0.421. The van der Waals surface area contributed by atoms with Crippen molar-refractivity contribution in [3.8, 4) is 5.75 Å². The van der Waals surface area contributed by atoms with E-state index >= 15 is 0 Å². The molecule has 0 amide bonds. The number of rotatable bonds is 5. The molecule has 0 aliphatic heterocycles. The molecular formula is C9H9BF4O4. The minimum absolute atomic E-state index is 0.174. The Morgan fingerprint density at radius 3 is 2.44 bits per heavy atom. The minimum Gasteiger partial charge on any atom is -0.468 e. The van der Waals surface area contributed by atoms with Crippen molar-refractivity contribution in [2.75, 3.05) is 13.4 Å². The summed E-state index contributed by atoms with van der Waals surface area (Å²) in [7, 11) is -1.93. The number of benzene rings is 1. The molecule has 0 aliphatic rings. The van der Waals surface area contributed by atoms with Gasteiger partial charge in [0.05, 0.1) is 0 Å². The molecule has 1 aromatic rings. The van der Waals surface area contributed by atoms with Crippen LogP contribution in [0.3, 0.4) is 0 Å². The maximum absolute atomic E-state index is 12.8. The first-order valence-corrected chi connectivity index (χ1v) is 4.72. The van der Waals surface area contributed by atoms with E-state index in [4.69, 9.17) is 14.8 Å². The van der Waals surface area contributed by atoms with Crippen molar-refractivity contribution in [3.05, 3.63) is 24.0 Å². The fourth-order valence-electron chi connectivity index (χ4n) is 1.11. The van der Waals surface area contributed by atoms with Crippen molar-refractivity contribution in [1.29, 1.82) is 0 Å².